The molecule has 0 aliphatic carbocycles. The first-order valence-electron chi connectivity index (χ1n) is 2.76. The molecule has 0 saturated carbocycles. The maximum absolute atomic E-state index is 11.8. The summed E-state index contributed by atoms with van der Waals surface area (Å²) < 4.78 is 35.5. The highest BCUT2D eigenvalue weighted by Gasteiger charge is 2.33. The first kappa shape index (κ1) is 11.0. The van der Waals surface area contributed by atoms with Crippen LogP contribution in [0.25, 0.3) is 0 Å². The molecule has 0 aliphatic rings. The Labute approximate surface area is 71.8 Å². The van der Waals surface area contributed by atoms with E-state index in [-0.39, 0.29) is 12.4 Å². The third-order valence-electron chi connectivity index (χ3n) is 1.13. The Kier molecular flexibility index (Phi) is 3.33. The van der Waals surface area contributed by atoms with E-state index in [9.17, 15) is 18.0 Å². The van der Waals surface area contributed by atoms with Crippen molar-refractivity contribution < 1.29 is 13.2 Å². The second-order valence-electron chi connectivity index (χ2n) is 1.92. The summed E-state index contributed by atoms with van der Waals surface area (Å²) in [5.74, 6) is 0. The lowest BCUT2D eigenvalue weighted by Gasteiger charge is -2.02. The minimum absolute atomic E-state index is 0. The molecular formula is C6H5ClF3NO. The zero-order valence-electron chi connectivity index (χ0n) is 5.68. The summed E-state index contributed by atoms with van der Waals surface area (Å²) in [6, 6.07) is 0.836. The lowest BCUT2D eigenvalue weighted by molar-refractivity contribution is -0.138. The smallest absolute Gasteiger partial charge is 0.367 e. The summed E-state index contributed by atoms with van der Waals surface area (Å²) in [5, 5.41) is 0. The highest BCUT2D eigenvalue weighted by molar-refractivity contribution is 5.85. The number of aromatic nitrogens is 1. The van der Waals surface area contributed by atoms with Crippen molar-refractivity contribution in [2.45, 2.75) is 6.18 Å². The van der Waals surface area contributed by atoms with Gasteiger partial charge in [-0.25, -0.2) is 0 Å². The van der Waals surface area contributed by atoms with Crippen molar-refractivity contribution in [1.29, 1.82) is 0 Å². The number of aromatic amines is 1. The first-order chi connectivity index (χ1) is 5.02. The van der Waals surface area contributed by atoms with Crippen molar-refractivity contribution >= 4 is 12.4 Å². The predicted molar refractivity (Wildman–Crippen MR) is 39.3 cm³/mol. The number of rotatable bonds is 0. The van der Waals surface area contributed by atoms with Gasteiger partial charge in [0.2, 0.25) is 0 Å². The molecule has 0 spiro atoms. The van der Waals surface area contributed by atoms with E-state index in [1.165, 1.54) is 0 Å². The van der Waals surface area contributed by atoms with Gasteiger partial charge >= 0.3 is 6.18 Å². The van der Waals surface area contributed by atoms with E-state index < -0.39 is 17.2 Å². The number of hydrogen-bond acceptors (Lipinski definition) is 1. The highest BCUT2D eigenvalue weighted by atomic mass is 35.5. The fraction of sp³-hybridized carbons (Fsp3) is 0.167. The summed E-state index contributed by atoms with van der Waals surface area (Å²) in [6.07, 6.45) is -2.77. The summed E-state index contributed by atoms with van der Waals surface area (Å²) >= 11 is 0. The van der Waals surface area contributed by atoms with Gasteiger partial charge in [-0.3, -0.25) is 4.79 Å². The van der Waals surface area contributed by atoms with E-state index in [1.54, 1.807) is 0 Å². The van der Waals surface area contributed by atoms with Crippen molar-refractivity contribution in [2.75, 3.05) is 0 Å². The van der Waals surface area contributed by atoms with Crippen LogP contribution in [-0.4, -0.2) is 4.98 Å². The number of alkyl halides is 3. The van der Waals surface area contributed by atoms with Gasteiger partial charge in [0, 0.05) is 18.5 Å². The maximum Gasteiger partial charge on any atom is 0.421 e. The monoisotopic (exact) mass is 199 g/mol. The van der Waals surface area contributed by atoms with Gasteiger partial charge in [0.15, 0.2) is 5.43 Å². The Morgan fingerprint density at radius 3 is 2.25 bits per heavy atom. The Morgan fingerprint density at radius 1 is 1.33 bits per heavy atom. The van der Waals surface area contributed by atoms with Crippen LogP contribution < -0.4 is 5.43 Å². The number of H-pyrrole nitrogens is 1. The number of nitrogens with one attached hydrogen (secondary N) is 1. The molecule has 1 heterocycles. The zero-order valence-corrected chi connectivity index (χ0v) is 6.50. The van der Waals surface area contributed by atoms with E-state index >= 15 is 0 Å². The molecule has 1 N–H and O–H groups in total. The van der Waals surface area contributed by atoms with Gasteiger partial charge < -0.3 is 4.98 Å². The van der Waals surface area contributed by atoms with Gasteiger partial charge in [0.05, 0.1) is 0 Å². The highest BCUT2D eigenvalue weighted by Crippen LogP contribution is 2.25. The summed E-state index contributed by atoms with van der Waals surface area (Å²) in [4.78, 5) is 12.7. The van der Waals surface area contributed by atoms with Crippen molar-refractivity contribution in [1.82, 2.24) is 4.98 Å². The average Bonchev–Trinajstić information content (AvgIpc) is 1.86. The minimum Gasteiger partial charge on any atom is -0.367 e. The molecule has 0 atom stereocenters. The first-order valence-corrected chi connectivity index (χ1v) is 2.76. The molecule has 1 aromatic rings. The van der Waals surface area contributed by atoms with Crippen LogP contribution in [0.15, 0.2) is 23.3 Å². The van der Waals surface area contributed by atoms with Crippen LogP contribution in [0.1, 0.15) is 5.56 Å². The van der Waals surface area contributed by atoms with Crippen LogP contribution in [0.5, 0.6) is 0 Å². The van der Waals surface area contributed by atoms with Crippen molar-refractivity contribution in [3.8, 4) is 0 Å². The Bertz CT molecular complexity index is 306. The van der Waals surface area contributed by atoms with Gasteiger partial charge in [-0.05, 0) is 0 Å². The quantitative estimate of drug-likeness (QED) is 0.679. The molecule has 0 saturated heterocycles. The normalized spacial score (nSPS) is 10.6. The van der Waals surface area contributed by atoms with Gasteiger partial charge in [0.25, 0.3) is 0 Å². The second-order valence-corrected chi connectivity index (χ2v) is 1.92. The Hall–Kier alpha value is -0.970. The van der Waals surface area contributed by atoms with E-state index in [0.717, 1.165) is 12.3 Å². The van der Waals surface area contributed by atoms with Crippen LogP contribution in [-0.2, 0) is 6.18 Å². The van der Waals surface area contributed by atoms with E-state index in [2.05, 4.69) is 4.98 Å². The van der Waals surface area contributed by atoms with E-state index in [4.69, 9.17) is 0 Å². The fourth-order valence-electron chi connectivity index (χ4n) is 0.638. The molecule has 1 rings (SSSR count). The van der Waals surface area contributed by atoms with Crippen LogP contribution in [0, 0.1) is 0 Å². The Morgan fingerprint density at radius 2 is 1.92 bits per heavy atom. The van der Waals surface area contributed by atoms with Gasteiger partial charge in [0.1, 0.15) is 5.56 Å². The zero-order chi connectivity index (χ0) is 8.48. The van der Waals surface area contributed by atoms with Gasteiger partial charge in [-0.1, -0.05) is 0 Å². The van der Waals surface area contributed by atoms with Gasteiger partial charge in [-0.15, -0.1) is 12.4 Å². The molecule has 1 aromatic heterocycles. The third kappa shape index (κ3) is 2.27. The number of halogens is 4. The lowest BCUT2D eigenvalue weighted by Crippen LogP contribution is -2.17. The number of pyridine rings is 1. The largest absolute Gasteiger partial charge is 0.421 e. The second kappa shape index (κ2) is 3.62. The molecule has 0 unspecified atom stereocenters. The van der Waals surface area contributed by atoms with Gasteiger partial charge in [-0.2, -0.15) is 13.2 Å². The molecule has 6 heteroatoms. The molecule has 0 amide bonds. The van der Waals surface area contributed by atoms with Crippen LogP contribution in [0.4, 0.5) is 13.2 Å². The summed E-state index contributed by atoms with van der Waals surface area (Å²) in [5.41, 5.74) is -2.18. The molecule has 2 nitrogen and oxygen atoms in total. The standard InChI is InChI=1S/C6H4F3NO.ClH/c7-6(8,9)4-3-10-2-1-5(4)11;/h1-3H,(H,10,11);1H. The van der Waals surface area contributed by atoms with E-state index in [1.807, 2.05) is 0 Å². The molecule has 12 heavy (non-hydrogen) atoms. The lowest BCUT2D eigenvalue weighted by atomic mass is 10.3. The molecule has 0 fully saturated rings. The third-order valence-corrected chi connectivity index (χ3v) is 1.13. The molecular weight excluding hydrogens is 195 g/mol. The molecule has 68 valence electrons. The van der Waals surface area contributed by atoms with Crippen molar-refractivity contribution in [3.63, 3.8) is 0 Å². The van der Waals surface area contributed by atoms with Crippen molar-refractivity contribution in [3.05, 3.63) is 34.2 Å². The van der Waals surface area contributed by atoms with E-state index in [0.29, 0.717) is 6.20 Å². The summed E-state index contributed by atoms with van der Waals surface area (Å²) in [6.45, 7) is 0. The topological polar surface area (TPSA) is 32.9 Å². The average molecular weight is 200 g/mol. The molecule has 0 aromatic carbocycles. The SMILES string of the molecule is Cl.O=c1cc[nH]cc1C(F)(F)F. The fourth-order valence-corrected chi connectivity index (χ4v) is 0.638. The molecule has 0 radical (unpaired) electrons. The Balaban J connectivity index is 0.00000121. The van der Waals surface area contributed by atoms with Crippen molar-refractivity contribution in [2.24, 2.45) is 0 Å². The predicted octanol–water partition coefficient (Wildman–Crippen LogP) is 1.82. The summed E-state index contributed by atoms with van der Waals surface area (Å²) in [7, 11) is 0. The van der Waals surface area contributed by atoms with Crippen LogP contribution in [0.2, 0.25) is 0 Å². The van der Waals surface area contributed by atoms with Crippen LogP contribution in [0.3, 0.4) is 0 Å². The maximum atomic E-state index is 11.8. The van der Waals surface area contributed by atoms with Crippen LogP contribution >= 0.6 is 12.4 Å². The number of hydrogen-bond donors (Lipinski definition) is 1. The molecule has 0 aliphatic heterocycles. The minimum atomic E-state index is -4.56. The molecule has 0 bridgehead atoms.